The van der Waals surface area contributed by atoms with Gasteiger partial charge in [-0.2, -0.15) is 0 Å². The number of ketones is 1. The molecule has 0 radical (unpaired) electrons. The van der Waals surface area contributed by atoms with Gasteiger partial charge in [0.25, 0.3) is 0 Å². The fourth-order valence-electron chi connectivity index (χ4n) is 2.39. The second-order valence-electron chi connectivity index (χ2n) is 5.44. The monoisotopic (exact) mass is 375 g/mol. The van der Waals surface area contributed by atoms with Gasteiger partial charge in [0.05, 0.1) is 11.4 Å². The molecule has 1 aromatic carbocycles. The van der Waals surface area contributed by atoms with E-state index in [9.17, 15) is 4.79 Å². The van der Waals surface area contributed by atoms with Crippen LogP contribution in [0.15, 0.2) is 40.7 Å². The van der Waals surface area contributed by atoms with Crippen LogP contribution in [0.5, 0.6) is 0 Å². The van der Waals surface area contributed by atoms with Crippen LogP contribution in [-0.4, -0.2) is 25.9 Å². The Balaban J connectivity index is 1.75. The summed E-state index contributed by atoms with van der Waals surface area (Å²) in [6, 6.07) is 11.7. The average Bonchev–Trinajstić information content (AvgIpc) is 3.08. The van der Waals surface area contributed by atoms with Gasteiger partial charge >= 0.3 is 0 Å². The maximum absolute atomic E-state index is 12.5. The van der Waals surface area contributed by atoms with Crippen molar-refractivity contribution < 1.29 is 4.79 Å². The molecule has 7 heteroatoms. The lowest BCUT2D eigenvalue weighted by atomic mass is 10.2. The Hall–Kier alpha value is -1.70. The van der Waals surface area contributed by atoms with Crippen molar-refractivity contribution in [2.45, 2.75) is 18.2 Å². The topological polar surface area (TPSA) is 39.8 Å². The molecule has 0 atom stereocenters. The zero-order valence-electron chi connectivity index (χ0n) is 13.6. The summed E-state index contributed by atoms with van der Waals surface area (Å²) in [6.07, 6.45) is 0. The summed E-state index contributed by atoms with van der Waals surface area (Å²) in [7, 11) is 1.97. The second kappa shape index (κ2) is 7.04. The number of benzene rings is 1. The molecule has 124 valence electrons. The lowest BCUT2D eigenvalue weighted by molar-refractivity contribution is 0.102. The molecule has 0 amide bonds. The van der Waals surface area contributed by atoms with Crippen molar-refractivity contribution in [3.05, 3.63) is 57.3 Å². The van der Waals surface area contributed by atoms with Crippen LogP contribution in [0.1, 0.15) is 21.7 Å². The largest absolute Gasteiger partial charge is 0.351 e. The molecule has 0 bridgehead atoms. The number of hydrogen-bond acceptors (Lipinski definition) is 5. The highest BCUT2D eigenvalue weighted by Gasteiger charge is 2.15. The summed E-state index contributed by atoms with van der Waals surface area (Å²) >= 11 is 8.26. The van der Waals surface area contributed by atoms with Crippen LogP contribution in [0.2, 0.25) is 0 Å². The van der Waals surface area contributed by atoms with Gasteiger partial charge in [-0.15, -0.1) is 5.10 Å². The first kappa shape index (κ1) is 17.1. The van der Waals surface area contributed by atoms with Gasteiger partial charge in [0, 0.05) is 24.0 Å². The van der Waals surface area contributed by atoms with Crippen molar-refractivity contribution in [1.82, 2.24) is 14.3 Å². The molecular weight excluding hydrogens is 358 g/mol. The highest BCUT2D eigenvalue weighted by molar-refractivity contribution is 8.01. The number of para-hydroxylation sites is 1. The molecule has 3 aromatic rings. The summed E-state index contributed by atoms with van der Waals surface area (Å²) in [5, 5.41) is 4.53. The van der Waals surface area contributed by atoms with Gasteiger partial charge in [-0.3, -0.25) is 4.79 Å². The fourth-order valence-corrected chi connectivity index (χ4v) is 4.64. The smallest absolute Gasteiger partial charge is 0.184 e. The Morgan fingerprint density at radius 2 is 2.00 bits per heavy atom. The molecule has 4 nitrogen and oxygen atoms in total. The van der Waals surface area contributed by atoms with Crippen molar-refractivity contribution in [3.63, 3.8) is 0 Å². The van der Waals surface area contributed by atoms with Crippen molar-refractivity contribution in [2.75, 3.05) is 5.75 Å². The lowest BCUT2D eigenvalue weighted by Gasteiger charge is -2.01. The van der Waals surface area contributed by atoms with E-state index in [1.165, 1.54) is 23.1 Å². The standard InChI is InChI=1S/C17H17N3OS3/c1-11-9-14(12(2)19(11)3)15(21)10-23-16-18-20(17(22)24-16)13-7-5-4-6-8-13/h4-9H,10H2,1-3H3. The molecule has 0 fully saturated rings. The Morgan fingerprint density at radius 1 is 1.29 bits per heavy atom. The molecule has 0 N–H and O–H groups in total. The number of carbonyl (C=O) groups excluding carboxylic acids is 1. The lowest BCUT2D eigenvalue weighted by Crippen LogP contribution is -2.04. The van der Waals surface area contributed by atoms with Crippen LogP contribution >= 0.6 is 35.3 Å². The highest BCUT2D eigenvalue weighted by Crippen LogP contribution is 2.25. The molecule has 24 heavy (non-hydrogen) atoms. The first-order valence-electron chi connectivity index (χ1n) is 7.42. The molecule has 0 unspecified atom stereocenters. The van der Waals surface area contributed by atoms with Crippen LogP contribution < -0.4 is 0 Å². The number of aromatic nitrogens is 3. The summed E-state index contributed by atoms with van der Waals surface area (Å²) < 4.78 is 5.27. The third-order valence-electron chi connectivity index (χ3n) is 3.93. The molecule has 2 aromatic heterocycles. The maximum atomic E-state index is 12.5. The minimum atomic E-state index is 0.119. The summed E-state index contributed by atoms with van der Waals surface area (Å²) in [5.74, 6) is 0.482. The number of rotatable bonds is 5. The molecule has 0 saturated heterocycles. The molecule has 3 rings (SSSR count). The third-order valence-corrected chi connectivity index (χ3v) is 6.30. The number of hydrogen-bond donors (Lipinski definition) is 0. The van der Waals surface area contributed by atoms with E-state index in [-0.39, 0.29) is 5.78 Å². The molecular formula is C17H17N3OS3. The normalized spacial score (nSPS) is 11.0. The molecule has 0 saturated carbocycles. The summed E-state index contributed by atoms with van der Waals surface area (Å²) in [5.41, 5.74) is 3.81. The van der Waals surface area contributed by atoms with E-state index < -0.39 is 0 Å². The average molecular weight is 376 g/mol. The van der Waals surface area contributed by atoms with Crippen LogP contribution in [0.25, 0.3) is 5.69 Å². The van der Waals surface area contributed by atoms with Gasteiger partial charge < -0.3 is 4.57 Å². The molecule has 0 aliphatic heterocycles. The van der Waals surface area contributed by atoms with E-state index in [1.807, 2.05) is 61.9 Å². The van der Waals surface area contributed by atoms with Crippen molar-refractivity contribution in [1.29, 1.82) is 0 Å². The van der Waals surface area contributed by atoms with Gasteiger partial charge in [-0.25, -0.2) is 4.68 Å². The molecule has 2 heterocycles. The number of Topliss-reactive ketones (excluding diaryl/α,β-unsaturated/α-hetero) is 1. The zero-order chi connectivity index (χ0) is 17.3. The van der Waals surface area contributed by atoms with E-state index in [0.29, 0.717) is 9.71 Å². The minimum Gasteiger partial charge on any atom is -0.351 e. The Labute approximate surface area is 154 Å². The number of aryl methyl sites for hydroxylation is 1. The number of thioether (sulfide) groups is 1. The summed E-state index contributed by atoms with van der Waals surface area (Å²) in [6.45, 7) is 3.98. The van der Waals surface area contributed by atoms with Crippen molar-refractivity contribution in [3.8, 4) is 5.69 Å². The van der Waals surface area contributed by atoms with Crippen molar-refractivity contribution in [2.24, 2.45) is 7.05 Å². The van der Waals surface area contributed by atoms with Gasteiger partial charge in [-0.1, -0.05) is 41.3 Å². The van der Waals surface area contributed by atoms with Gasteiger partial charge in [0.15, 0.2) is 14.1 Å². The van der Waals surface area contributed by atoms with E-state index >= 15 is 0 Å². The summed E-state index contributed by atoms with van der Waals surface area (Å²) in [4.78, 5) is 12.5. The highest BCUT2D eigenvalue weighted by atomic mass is 32.2. The van der Waals surface area contributed by atoms with Crippen LogP contribution in [0.3, 0.4) is 0 Å². The fraction of sp³-hybridized carbons (Fsp3) is 0.235. The quantitative estimate of drug-likeness (QED) is 0.371. The predicted octanol–water partition coefficient (Wildman–Crippen LogP) is 4.59. The van der Waals surface area contributed by atoms with E-state index in [0.717, 1.165) is 27.0 Å². The Bertz CT molecular complexity index is 938. The Morgan fingerprint density at radius 3 is 2.62 bits per heavy atom. The maximum Gasteiger partial charge on any atom is 0.184 e. The van der Waals surface area contributed by atoms with E-state index in [4.69, 9.17) is 12.2 Å². The van der Waals surface area contributed by atoms with Gasteiger partial charge in [0.1, 0.15) is 0 Å². The van der Waals surface area contributed by atoms with Crippen molar-refractivity contribution >= 4 is 41.1 Å². The van der Waals surface area contributed by atoms with Crippen LogP contribution in [0, 0.1) is 17.8 Å². The van der Waals surface area contributed by atoms with E-state index in [2.05, 4.69) is 5.10 Å². The van der Waals surface area contributed by atoms with Crippen LogP contribution in [-0.2, 0) is 7.05 Å². The molecule has 0 aliphatic carbocycles. The van der Waals surface area contributed by atoms with Gasteiger partial charge in [-0.05, 0) is 44.3 Å². The SMILES string of the molecule is Cc1cc(C(=O)CSc2nn(-c3ccccc3)c(=S)s2)c(C)n1C. The van der Waals surface area contributed by atoms with E-state index in [1.54, 1.807) is 4.68 Å². The van der Waals surface area contributed by atoms with Crippen LogP contribution in [0.4, 0.5) is 0 Å². The number of carbonyl (C=O) groups is 1. The first-order valence-corrected chi connectivity index (χ1v) is 9.63. The molecule has 0 spiro atoms. The second-order valence-corrected chi connectivity index (χ2v) is 8.28. The van der Waals surface area contributed by atoms with Gasteiger partial charge in [0.2, 0.25) is 0 Å². The number of nitrogens with zero attached hydrogens (tertiary/aromatic N) is 3. The first-order chi connectivity index (χ1) is 11.5. The minimum absolute atomic E-state index is 0.119. The predicted molar refractivity (Wildman–Crippen MR) is 102 cm³/mol. The zero-order valence-corrected chi connectivity index (χ0v) is 16.1. The Kier molecular flexibility index (Phi) is 5.03. The third kappa shape index (κ3) is 3.38. The molecule has 0 aliphatic rings.